The van der Waals surface area contributed by atoms with Crippen molar-refractivity contribution in [1.29, 1.82) is 0 Å². The highest BCUT2D eigenvalue weighted by molar-refractivity contribution is 6.31. The zero-order valence-corrected chi connectivity index (χ0v) is 14.9. The molecule has 2 aliphatic heterocycles. The number of cyclic esters (lactones) is 1. The molecule has 1 saturated carbocycles. The number of amides is 2. The fourth-order valence-corrected chi connectivity index (χ4v) is 4.16. The molecule has 2 saturated heterocycles. The molecule has 8 heteroatoms. The van der Waals surface area contributed by atoms with Gasteiger partial charge in [0.25, 0.3) is 0 Å². The molecule has 3 aliphatic rings. The highest BCUT2D eigenvalue weighted by Gasteiger charge is 2.53. The number of rotatable bonds is 4. The van der Waals surface area contributed by atoms with E-state index in [9.17, 15) is 14.0 Å². The van der Waals surface area contributed by atoms with Crippen LogP contribution in [0.5, 0.6) is 0 Å². The first-order valence-corrected chi connectivity index (χ1v) is 9.11. The maximum atomic E-state index is 13.1. The minimum Gasteiger partial charge on any atom is -0.447 e. The van der Waals surface area contributed by atoms with Crippen molar-refractivity contribution in [3.05, 3.63) is 34.6 Å². The van der Waals surface area contributed by atoms with Crippen LogP contribution in [0.15, 0.2) is 18.2 Å². The first-order valence-electron chi connectivity index (χ1n) is 8.73. The van der Waals surface area contributed by atoms with Crippen LogP contribution in [0.3, 0.4) is 0 Å². The third-order valence-corrected chi connectivity index (χ3v) is 5.77. The zero-order chi connectivity index (χ0) is 18.3. The zero-order valence-electron chi connectivity index (χ0n) is 14.2. The average molecular weight is 383 g/mol. The molecule has 1 spiro atoms. The molecule has 2 heterocycles. The van der Waals surface area contributed by atoms with Gasteiger partial charge in [-0.05, 0) is 37.0 Å². The fourth-order valence-electron chi connectivity index (χ4n) is 3.94. The molecule has 0 bridgehead atoms. The molecule has 1 unspecified atom stereocenters. The number of nitrogens with zero attached hydrogens (tertiary/aromatic N) is 1. The van der Waals surface area contributed by atoms with Crippen molar-refractivity contribution >= 4 is 23.6 Å². The lowest BCUT2D eigenvalue weighted by Crippen LogP contribution is -2.58. The second kappa shape index (κ2) is 6.70. The number of hydrogen-bond acceptors (Lipinski definition) is 4. The van der Waals surface area contributed by atoms with Crippen LogP contribution < -0.4 is 5.32 Å². The molecule has 1 aromatic carbocycles. The first kappa shape index (κ1) is 17.5. The van der Waals surface area contributed by atoms with E-state index in [0.29, 0.717) is 44.2 Å². The number of carbonyl (C=O) groups is 2. The fraction of sp³-hybridized carbons (Fsp3) is 0.556. The van der Waals surface area contributed by atoms with E-state index in [1.807, 2.05) is 4.90 Å². The Morgan fingerprint density at radius 3 is 2.96 bits per heavy atom. The van der Waals surface area contributed by atoms with E-state index in [0.717, 1.165) is 12.0 Å². The Bertz CT molecular complexity index is 738. The number of carbonyl (C=O) groups excluding carboxylic acids is 2. The highest BCUT2D eigenvalue weighted by Crippen LogP contribution is 2.41. The van der Waals surface area contributed by atoms with Gasteiger partial charge in [-0.25, -0.2) is 9.18 Å². The van der Waals surface area contributed by atoms with Gasteiger partial charge in [-0.1, -0.05) is 17.7 Å². The summed E-state index contributed by atoms with van der Waals surface area (Å²) in [5.74, 6) is -0.330. The van der Waals surface area contributed by atoms with E-state index in [1.54, 1.807) is 6.07 Å². The standard InChI is InChI=1S/C18H20ClFN2O4/c19-15-5-13(20)2-1-11(15)9-25-14-3-4-22(8-14)16(23)12-6-18(7-12)10-26-17(24)21-18/h1-2,5,12,14H,3-4,6-10H2,(H,21,24)/t12-,14?,18+. The number of likely N-dealkylation sites (tertiary alicyclic amines) is 1. The van der Waals surface area contributed by atoms with Crippen LogP contribution in [-0.4, -0.2) is 48.2 Å². The molecule has 4 rings (SSSR count). The van der Waals surface area contributed by atoms with Gasteiger partial charge in [0, 0.05) is 24.0 Å². The van der Waals surface area contributed by atoms with E-state index in [1.165, 1.54) is 12.1 Å². The molecule has 0 aromatic heterocycles. The third kappa shape index (κ3) is 3.38. The summed E-state index contributed by atoms with van der Waals surface area (Å²) in [7, 11) is 0. The van der Waals surface area contributed by atoms with Gasteiger partial charge in [0.05, 0.1) is 18.2 Å². The van der Waals surface area contributed by atoms with E-state index >= 15 is 0 Å². The number of ether oxygens (including phenoxy) is 2. The molecule has 2 amide bonds. The summed E-state index contributed by atoms with van der Waals surface area (Å²) in [6.07, 6.45) is 1.58. The Morgan fingerprint density at radius 1 is 1.46 bits per heavy atom. The summed E-state index contributed by atoms with van der Waals surface area (Å²) >= 11 is 6.01. The van der Waals surface area contributed by atoms with Crippen molar-refractivity contribution in [2.75, 3.05) is 19.7 Å². The minimum atomic E-state index is -0.398. The molecule has 1 aliphatic carbocycles. The SMILES string of the molecule is O=C1N[C@]2(CO1)C[C@H](C(=O)N1CCC(OCc3ccc(F)cc3Cl)C1)C2. The summed E-state index contributed by atoms with van der Waals surface area (Å²) in [5.41, 5.74) is 0.391. The van der Waals surface area contributed by atoms with Gasteiger partial charge in [0.15, 0.2) is 0 Å². The highest BCUT2D eigenvalue weighted by atomic mass is 35.5. The second-order valence-electron chi connectivity index (χ2n) is 7.33. The van der Waals surface area contributed by atoms with Gasteiger partial charge >= 0.3 is 6.09 Å². The van der Waals surface area contributed by atoms with Gasteiger partial charge in [-0.2, -0.15) is 0 Å². The van der Waals surface area contributed by atoms with Crippen LogP contribution in [0.2, 0.25) is 5.02 Å². The topological polar surface area (TPSA) is 67.9 Å². The Labute approximate surface area is 155 Å². The van der Waals surface area contributed by atoms with Gasteiger partial charge in [-0.3, -0.25) is 4.79 Å². The maximum absolute atomic E-state index is 13.1. The van der Waals surface area contributed by atoms with Crippen LogP contribution >= 0.6 is 11.6 Å². The van der Waals surface area contributed by atoms with E-state index in [2.05, 4.69) is 5.32 Å². The van der Waals surface area contributed by atoms with Crippen molar-refractivity contribution in [3.63, 3.8) is 0 Å². The van der Waals surface area contributed by atoms with E-state index < -0.39 is 6.09 Å². The molecule has 1 atom stereocenters. The molecule has 1 N–H and O–H groups in total. The van der Waals surface area contributed by atoms with Gasteiger partial charge in [-0.15, -0.1) is 0 Å². The van der Waals surface area contributed by atoms with Crippen molar-refractivity contribution in [2.24, 2.45) is 5.92 Å². The molecule has 3 fully saturated rings. The third-order valence-electron chi connectivity index (χ3n) is 5.42. The van der Waals surface area contributed by atoms with Crippen LogP contribution in [0, 0.1) is 11.7 Å². The normalized spacial score (nSPS) is 30.2. The lowest BCUT2D eigenvalue weighted by Gasteiger charge is -2.43. The summed E-state index contributed by atoms with van der Waals surface area (Å²) < 4.78 is 23.9. The molecule has 140 valence electrons. The lowest BCUT2D eigenvalue weighted by molar-refractivity contribution is -0.140. The number of hydrogen-bond donors (Lipinski definition) is 1. The Morgan fingerprint density at radius 2 is 2.27 bits per heavy atom. The number of benzene rings is 1. The summed E-state index contributed by atoms with van der Waals surface area (Å²) in [4.78, 5) is 25.6. The van der Waals surface area contributed by atoms with E-state index in [-0.39, 0.29) is 29.3 Å². The molecule has 1 aromatic rings. The smallest absolute Gasteiger partial charge is 0.407 e. The number of alkyl carbamates (subject to hydrolysis) is 1. The Hall–Kier alpha value is -1.86. The second-order valence-corrected chi connectivity index (χ2v) is 7.74. The van der Waals surface area contributed by atoms with Crippen LogP contribution in [-0.2, 0) is 20.9 Å². The van der Waals surface area contributed by atoms with Crippen molar-refractivity contribution < 1.29 is 23.5 Å². The van der Waals surface area contributed by atoms with Crippen molar-refractivity contribution in [1.82, 2.24) is 10.2 Å². The quantitative estimate of drug-likeness (QED) is 0.868. The van der Waals surface area contributed by atoms with Gasteiger partial charge < -0.3 is 19.7 Å². The molecular weight excluding hydrogens is 363 g/mol. The number of halogens is 2. The van der Waals surface area contributed by atoms with Gasteiger partial charge in [0.2, 0.25) is 5.91 Å². The average Bonchev–Trinajstić information content (AvgIpc) is 3.19. The number of nitrogens with one attached hydrogen (secondary N) is 1. The van der Waals surface area contributed by atoms with Crippen LogP contribution in [0.4, 0.5) is 9.18 Å². The first-order chi connectivity index (χ1) is 12.4. The predicted molar refractivity (Wildman–Crippen MR) is 91.1 cm³/mol. The monoisotopic (exact) mass is 382 g/mol. The van der Waals surface area contributed by atoms with E-state index in [4.69, 9.17) is 21.1 Å². The summed E-state index contributed by atoms with van der Waals surface area (Å²) in [6, 6.07) is 4.23. The molecule has 26 heavy (non-hydrogen) atoms. The molecular formula is C18H20ClFN2O4. The van der Waals surface area contributed by atoms with Gasteiger partial charge in [0.1, 0.15) is 12.4 Å². The lowest BCUT2D eigenvalue weighted by atomic mass is 9.68. The minimum absolute atomic E-state index is 0.0522. The van der Waals surface area contributed by atoms with Crippen molar-refractivity contribution in [3.8, 4) is 0 Å². The van der Waals surface area contributed by atoms with Crippen LogP contribution in [0.1, 0.15) is 24.8 Å². The Balaban J connectivity index is 1.25. The summed E-state index contributed by atoms with van der Waals surface area (Å²) in [5, 5.41) is 3.15. The maximum Gasteiger partial charge on any atom is 0.407 e. The van der Waals surface area contributed by atoms with Crippen molar-refractivity contribution in [2.45, 2.75) is 37.5 Å². The van der Waals surface area contributed by atoms with Crippen LogP contribution in [0.25, 0.3) is 0 Å². The summed E-state index contributed by atoms with van der Waals surface area (Å²) in [6.45, 7) is 1.85. The largest absolute Gasteiger partial charge is 0.447 e. The Kier molecular flexibility index (Phi) is 4.52. The molecule has 0 radical (unpaired) electrons. The predicted octanol–water partition coefficient (Wildman–Crippen LogP) is 2.49. The molecule has 6 nitrogen and oxygen atoms in total.